The van der Waals surface area contributed by atoms with Crippen molar-refractivity contribution in [2.24, 2.45) is 5.16 Å². The van der Waals surface area contributed by atoms with Gasteiger partial charge in [0.15, 0.2) is 5.71 Å². The van der Waals surface area contributed by atoms with Crippen molar-refractivity contribution in [3.63, 3.8) is 0 Å². The van der Waals surface area contributed by atoms with Gasteiger partial charge in [-0.25, -0.2) is 4.98 Å². The average molecular weight is 421 g/mol. The molecule has 1 fully saturated rings. The average Bonchev–Trinajstić information content (AvgIpc) is 3.38. The van der Waals surface area contributed by atoms with E-state index in [1.54, 1.807) is 13.8 Å². The molecule has 0 radical (unpaired) electrons. The van der Waals surface area contributed by atoms with Crippen LogP contribution < -0.4 is 5.32 Å². The van der Waals surface area contributed by atoms with E-state index >= 15 is 0 Å². The minimum Gasteiger partial charge on any atom is -0.395 e. The van der Waals surface area contributed by atoms with E-state index in [4.69, 9.17) is 4.84 Å². The number of hydrogen-bond acceptors (Lipinski definition) is 8. The summed E-state index contributed by atoms with van der Waals surface area (Å²) in [7, 11) is 0. The number of anilines is 1. The van der Waals surface area contributed by atoms with E-state index in [0.717, 1.165) is 16.8 Å². The topological polar surface area (TPSA) is 96.7 Å². The summed E-state index contributed by atoms with van der Waals surface area (Å²) in [5, 5.41) is 17.3. The van der Waals surface area contributed by atoms with Gasteiger partial charge in [0, 0.05) is 27.2 Å². The standard InChI is InChI=1S/C19H24N4O3S2/c1-12(24)4-3-11-26-22-17(18(25)21-19-20-13(2)23-28-19)14-5-7-15(8-6-14)27-16-9-10-16/h5-8,12,16,24H,3-4,9-11H2,1-2H3,(H,20,21,23,25)/b22-17+. The monoisotopic (exact) mass is 420 g/mol. The van der Waals surface area contributed by atoms with E-state index in [9.17, 15) is 9.90 Å². The number of amides is 1. The molecule has 1 unspecified atom stereocenters. The lowest BCUT2D eigenvalue weighted by atomic mass is 10.1. The van der Waals surface area contributed by atoms with Gasteiger partial charge in [0.1, 0.15) is 12.4 Å². The first-order chi connectivity index (χ1) is 13.5. The molecule has 1 aromatic heterocycles. The van der Waals surface area contributed by atoms with E-state index in [0.29, 0.717) is 36.0 Å². The second-order valence-corrected chi connectivity index (χ2v) is 8.83. The maximum absolute atomic E-state index is 12.7. The number of nitrogens with one attached hydrogen (secondary N) is 1. The van der Waals surface area contributed by atoms with Crippen molar-refractivity contribution in [1.82, 2.24) is 9.36 Å². The van der Waals surface area contributed by atoms with Crippen molar-refractivity contribution in [2.75, 3.05) is 11.9 Å². The Kier molecular flexibility index (Phi) is 7.41. The number of carbonyl (C=O) groups is 1. The van der Waals surface area contributed by atoms with Crippen LogP contribution in [0, 0.1) is 6.92 Å². The molecule has 1 amide bonds. The summed E-state index contributed by atoms with van der Waals surface area (Å²) < 4.78 is 4.07. The summed E-state index contributed by atoms with van der Waals surface area (Å²) in [5.41, 5.74) is 0.863. The molecule has 150 valence electrons. The number of benzene rings is 1. The highest BCUT2D eigenvalue weighted by Crippen LogP contribution is 2.39. The van der Waals surface area contributed by atoms with Crippen molar-refractivity contribution in [3.05, 3.63) is 35.7 Å². The molecule has 1 aromatic carbocycles. The molecule has 1 heterocycles. The van der Waals surface area contributed by atoms with Crippen LogP contribution in [0.5, 0.6) is 0 Å². The van der Waals surface area contributed by atoms with Gasteiger partial charge in [-0.1, -0.05) is 17.3 Å². The summed E-state index contributed by atoms with van der Waals surface area (Å²) in [5.74, 6) is 0.212. The maximum atomic E-state index is 12.7. The number of oxime groups is 1. The Hall–Kier alpha value is -1.97. The number of rotatable bonds is 10. The normalized spacial score (nSPS) is 15.3. The van der Waals surface area contributed by atoms with Crippen molar-refractivity contribution >= 4 is 40.0 Å². The first kappa shape index (κ1) is 20.8. The van der Waals surface area contributed by atoms with Crippen LogP contribution in [0.2, 0.25) is 0 Å². The predicted octanol–water partition coefficient (Wildman–Crippen LogP) is 3.62. The highest BCUT2D eigenvalue weighted by Gasteiger charge is 2.23. The minimum atomic E-state index is -0.394. The second-order valence-electron chi connectivity index (χ2n) is 6.71. The van der Waals surface area contributed by atoms with Gasteiger partial charge >= 0.3 is 0 Å². The number of aliphatic hydroxyl groups excluding tert-OH is 1. The lowest BCUT2D eigenvalue weighted by Crippen LogP contribution is -2.24. The lowest BCUT2D eigenvalue weighted by Gasteiger charge is -2.08. The number of thioether (sulfide) groups is 1. The minimum absolute atomic E-state index is 0.188. The van der Waals surface area contributed by atoms with Crippen LogP contribution >= 0.6 is 23.3 Å². The molecule has 2 aromatic rings. The maximum Gasteiger partial charge on any atom is 0.280 e. The number of aryl methyl sites for hydroxylation is 1. The predicted molar refractivity (Wildman–Crippen MR) is 112 cm³/mol. The van der Waals surface area contributed by atoms with Crippen molar-refractivity contribution in [3.8, 4) is 0 Å². The molecule has 0 bridgehead atoms. The summed E-state index contributed by atoms with van der Waals surface area (Å²) in [4.78, 5) is 23.4. The quantitative estimate of drug-likeness (QED) is 0.346. The Morgan fingerprint density at radius 3 is 2.79 bits per heavy atom. The number of carbonyl (C=O) groups excluding carboxylic acids is 1. The van der Waals surface area contributed by atoms with Gasteiger partial charge < -0.3 is 9.94 Å². The van der Waals surface area contributed by atoms with Gasteiger partial charge in [-0.05, 0) is 51.7 Å². The lowest BCUT2D eigenvalue weighted by molar-refractivity contribution is -0.110. The van der Waals surface area contributed by atoms with Gasteiger partial charge in [0.25, 0.3) is 5.91 Å². The third-order valence-corrected chi connectivity index (χ3v) is 6.00. The molecule has 1 aliphatic carbocycles. The Balaban J connectivity index is 1.69. The molecule has 2 N–H and O–H groups in total. The first-order valence-corrected chi connectivity index (χ1v) is 10.9. The Morgan fingerprint density at radius 2 is 2.18 bits per heavy atom. The fraction of sp³-hybridized carbons (Fsp3) is 0.474. The van der Waals surface area contributed by atoms with Crippen LogP contribution in [0.1, 0.15) is 44.0 Å². The van der Waals surface area contributed by atoms with Gasteiger partial charge in [0.05, 0.1) is 6.10 Å². The SMILES string of the molecule is Cc1nsc(NC(=O)/C(=N/OCCCC(C)O)c2ccc(SC3CC3)cc2)n1. The van der Waals surface area contributed by atoms with Crippen LogP contribution in [0.15, 0.2) is 34.3 Å². The van der Waals surface area contributed by atoms with E-state index < -0.39 is 5.91 Å². The zero-order chi connectivity index (χ0) is 19.9. The van der Waals surface area contributed by atoms with Crippen molar-refractivity contribution in [1.29, 1.82) is 0 Å². The third kappa shape index (κ3) is 6.57. The molecule has 3 rings (SSSR count). The molecule has 7 nitrogen and oxygen atoms in total. The third-order valence-electron chi connectivity index (χ3n) is 3.93. The van der Waals surface area contributed by atoms with E-state index in [2.05, 4.69) is 19.8 Å². The Bertz CT molecular complexity index is 817. The fourth-order valence-electron chi connectivity index (χ4n) is 2.35. The van der Waals surface area contributed by atoms with Crippen LogP contribution in [-0.2, 0) is 9.63 Å². The molecule has 0 aliphatic heterocycles. The Morgan fingerprint density at radius 1 is 1.43 bits per heavy atom. The number of hydrogen-bond donors (Lipinski definition) is 2. The summed E-state index contributed by atoms with van der Waals surface area (Å²) in [6.07, 6.45) is 3.43. The van der Waals surface area contributed by atoms with Crippen LogP contribution in [0.4, 0.5) is 5.13 Å². The van der Waals surface area contributed by atoms with Crippen molar-refractivity contribution in [2.45, 2.75) is 55.8 Å². The highest BCUT2D eigenvalue weighted by molar-refractivity contribution is 8.00. The largest absolute Gasteiger partial charge is 0.395 e. The van der Waals surface area contributed by atoms with Gasteiger partial charge in [-0.15, -0.1) is 11.8 Å². The molecular formula is C19H24N4O3S2. The summed E-state index contributed by atoms with van der Waals surface area (Å²) >= 11 is 2.98. The van der Waals surface area contributed by atoms with Gasteiger partial charge in [0.2, 0.25) is 5.13 Å². The smallest absolute Gasteiger partial charge is 0.280 e. The van der Waals surface area contributed by atoms with E-state index in [-0.39, 0.29) is 11.8 Å². The number of aliphatic hydroxyl groups is 1. The van der Waals surface area contributed by atoms with Crippen LogP contribution in [0.3, 0.4) is 0 Å². The molecule has 9 heteroatoms. The molecule has 1 atom stereocenters. The Labute approximate surface area is 172 Å². The molecular weight excluding hydrogens is 396 g/mol. The number of aromatic nitrogens is 2. The summed E-state index contributed by atoms with van der Waals surface area (Å²) in [6.45, 7) is 3.82. The van der Waals surface area contributed by atoms with E-state index in [1.807, 2.05) is 36.0 Å². The van der Waals surface area contributed by atoms with Crippen LogP contribution in [0.25, 0.3) is 0 Å². The second kappa shape index (κ2) is 9.99. The zero-order valence-electron chi connectivity index (χ0n) is 15.9. The highest BCUT2D eigenvalue weighted by atomic mass is 32.2. The fourth-order valence-corrected chi connectivity index (χ4v) is 3.97. The van der Waals surface area contributed by atoms with Gasteiger partial charge in [-0.3, -0.25) is 10.1 Å². The molecule has 1 saturated carbocycles. The van der Waals surface area contributed by atoms with E-state index in [1.165, 1.54) is 17.7 Å². The molecule has 0 saturated heterocycles. The summed E-state index contributed by atoms with van der Waals surface area (Å²) in [6, 6.07) is 7.77. The number of nitrogens with zero attached hydrogens (tertiary/aromatic N) is 3. The van der Waals surface area contributed by atoms with Crippen LogP contribution in [-0.4, -0.2) is 44.0 Å². The zero-order valence-corrected chi connectivity index (χ0v) is 17.6. The molecule has 28 heavy (non-hydrogen) atoms. The van der Waals surface area contributed by atoms with Crippen molar-refractivity contribution < 1.29 is 14.7 Å². The first-order valence-electron chi connectivity index (χ1n) is 9.28. The molecule has 0 spiro atoms. The van der Waals surface area contributed by atoms with Gasteiger partial charge in [-0.2, -0.15) is 4.37 Å². The molecule has 1 aliphatic rings.